The zero-order valence-electron chi connectivity index (χ0n) is 13.7. The number of carbonyl (C=O) groups excluding carboxylic acids is 1. The monoisotopic (exact) mass is 361 g/mol. The molecule has 3 aromatic heterocycles. The van der Waals surface area contributed by atoms with Crippen molar-refractivity contribution in [2.75, 3.05) is 0 Å². The van der Waals surface area contributed by atoms with Gasteiger partial charge in [0.2, 0.25) is 0 Å². The van der Waals surface area contributed by atoms with Crippen molar-refractivity contribution in [3.63, 3.8) is 0 Å². The Labute approximate surface area is 154 Å². The Morgan fingerprint density at radius 1 is 1.12 bits per heavy atom. The van der Waals surface area contributed by atoms with Gasteiger partial charge in [0.15, 0.2) is 0 Å². The molecule has 26 heavy (non-hydrogen) atoms. The second-order valence-corrected chi connectivity index (χ2v) is 6.55. The van der Waals surface area contributed by atoms with Crippen LogP contribution in [0.15, 0.2) is 72.5 Å². The fourth-order valence-electron chi connectivity index (χ4n) is 2.50. The van der Waals surface area contributed by atoms with Gasteiger partial charge in [0.05, 0.1) is 24.6 Å². The van der Waals surface area contributed by atoms with Crippen molar-refractivity contribution in [1.82, 2.24) is 25.3 Å². The van der Waals surface area contributed by atoms with Gasteiger partial charge in [-0.2, -0.15) is 0 Å². The highest BCUT2D eigenvalue weighted by atomic mass is 32.1. The average Bonchev–Trinajstić information content (AvgIpc) is 3.39. The number of hydrogen-bond donors (Lipinski definition) is 1. The van der Waals surface area contributed by atoms with E-state index in [2.05, 4.69) is 26.7 Å². The third-order valence-electron chi connectivity index (χ3n) is 3.83. The van der Waals surface area contributed by atoms with Gasteiger partial charge in [0, 0.05) is 16.6 Å². The minimum atomic E-state index is -0.140. The molecule has 0 unspecified atom stereocenters. The van der Waals surface area contributed by atoms with Crippen LogP contribution in [0, 0.1) is 0 Å². The first-order valence-electron chi connectivity index (χ1n) is 8.03. The summed E-state index contributed by atoms with van der Waals surface area (Å²) in [6.45, 7) is 0.311. The van der Waals surface area contributed by atoms with E-state index in [1.165, 1.54) is 4.88 Å². The van der Waals surface area contributed by atoms with Crippen LogP contribution in [0.4, 0.5) is 0 Å². The number of thiophene rings is 1. The molecule has 0 atom stereocenters. The Morgan fingerprint density at radius 2 is 2.00 bits per heavy atom. The quantitative estimate of drug-likeness (QED) is 0.592. The van der Waals surface area contributed by atoms with Crippen LogP contribution in [0.2, 0.25) is 0 Å². The third-order valence-corrected chi connectivity index (χ3v) is 4.75. The summed E-state index contributed by atoms with van der Waals surface area (Å²) in [5.41, 5.74) is 3.22. The van der Waals surface area contributed by atoms with E-state index in [0.29, 0.717) is 17.8 Å². The van der Waals surface area contributed by atoms with Crippen molar-refractivity contribution in [1.29, 1.82) is 0 Å². The standard InChI is InChI=1S/C19H15N5OS/c25-19(15-7-5-14(6-8-15)18-4-2-10-26-18)21-11-16-13-24(23-22-16)17-3-1-9-20-12-17/h1-10,12-13H,11H2,(H,21,25). The summed E-state index contributed by atoms with van der Waals surface area (Å²) >= 11 is 1.68. The molecule has 0 radical (unpaired) electrons. The van der Waals surface area contributed by atoms with E-state index in [4.69, 9.17) is 0 Å². The lowest BCUT2D eigenvalue weighted by Gasteiger charge is -2.04. The van der Waals surface area contributed by atoms with E-state index >= 15 is 0 Å². The predicted octanol–water partition coefficient (Wildman–Crippen LogP) is 3.32. The smallest absolute Gasteiger partial charge is 0.251 e. The molecule has 6 nitrogen and oxygen atoms in total. The molecule has 128 valence electrons. The Morgan fingerprint density at radius 3 is 2.73 bits per heavy atom. The molecular formula is C19H15N5OS. The second kappa shape index (κ2) is 7.28. The summed E-state index contributed by atoms with van der Waals surface area (Å²) in [6.07, 6.45) is 5.18. The summed E-state index contributed by atoms with van der Waals surface area (Å²) in [7, 11) is 0. The largest absolute Gasteiger partial charge is 0.346 e. The van der Waals surface area contributed by atoms with Gasteiger partial charge in [0.1, 0.15) is 5.69 Å². The summed E-state index contributed by atoms with van der Waals surface area (Å²) in [6, 6.07) is 15.4. The minimum absolute atomic E-state index is 0.140. The maximum Gasteiger partial charge on any atom is 0.251 e. The lowest BCUT2D eigenvalue weighted by Crippen LogP contribution is -2.22. The molecule has 0 fully saturated rings. The molecular weight excluding hydrogens is 346 g/mol. The average molecular weight is 361 g/mol. The predicted molar refractivity (Wildman–Crippen MR) is 100 cm³/mol. The van der Waals surface area contributed by atoms with Crippen LogP contribution in [-0.2, 0) is 6.54 Å². The highest BCUT2D eigenvalue weighted by molar-refractivity contribution is 7.13. The van der Waals surface area contributed by atoms with Crippen LogP contribution < -0.4 is 5.32 Å². The Balaban J connectivity index is 1.39. The zero-order valence-corrected chi connectivity index (χ0v) is 14.6. The molecule has 0 aliphatic carbocycles. The number of nitrogens with one attached hydrogen (secondary N) is 1. The highest BCUT2D eigenvalue weighted by Crippen LogP contribution is 2.24. The van der Waals surface area contributed by atoms with Crippen LogP contribution in [0.25, 0.3) is 16.1 Å². The lowest BCUT2D eigenvalue weighted by molar-refractivity contribution is 0.0950. The number of nitrogens with zero attached hydrogens (tertiary/aromatic N) is 4. The first-order valence-corrected chi connectivity index (χ1v) is 8.91. The number of rotatable bonds is 5. The summed E-state index contributed by atoms with van der Waals surface area (Å²) < 4.78 is 1.63. The van der Waals surface area contributed by atoms with Crippen LogP contribution in [0.5, 0.6) is 0 Å². The number of aromatic nitrogens is 4. The van der Waals surface area contributed by atoms with Crippen molar-refractivity contribution in [2.24, 2.45) is 0 Å². The van der Waals surface area contributed by atoms with Gasteiger partial charge in [-0.15, -0.1) is 16.4 Å². The normalized spacial score (nSPS) is 10.6. The molecule has 0 aliphatic rings. The molecule has 0 bridgehead atoms. The maximum atomic E-state index is 12.3. The van der Waals surface area contributed by atoms with Gasteiger partial charge in [-0.3, -0.25) is 9.78 Å². The molecule has 0 saturated carbocycles. The summed E-state index contributed by atoms with van der Waals surface area (Å²) in [4.78, 5) is 17.6. The Hall–Kier alpha value is -3.32. The van der Waals surface area contributed by atoms with Gasteiger partial charge in [0.25, 0.3) is 5.91 Å². The minimum Gasteiger partial charge on any atom is -0.346 e. The SMILES string of the molecule is O=C(NCc1cn(-c2cccnc2)nn1)c1ccc(-c2cccs2)cc1. The first-order chi connectivity index (χ1) is 12.8. The Kier molecular flexibility index (Phi) is 4.53. The zero-order chi connectivity index (χ0) is 17.8. The summed E-state index contributed by atoms with van der Waals surface area (Å²) in [5.74, 6) is -0.140. The van der Waals surface area contributed by atoms with Crippen LogP contribution >= 0.6 is 11.3 Å². The number of hydrogen-bond acceptors (Lipinski definition) is 5. The van der Waals surface area contributed by atoms with Crippen molar-refractivity contribution in [2.45, 2.75) is 6.54 Å². The molecule has 1 aromatic carbocycles. The molecule has 0 aliphatic heterocycles. The maximum absolute atomic E-state index is 12.3. The number of carbonyl (C=O) groups is 1. The van der Waals surface area contributed by atoms with E-state index in [0.717, 1.165) is 11.3 Å². The van der Waals surface area contributed by atoms with Gasteiger partial charge < -0.3 is 5.32 Å². The van der Waals surface area contributed by atoms with Crippen LogP contribution in [0.3, 0.4) is 0 Å². The lowest BCUT2D eigenvalue weighted by atomic mass is 10.1. The van der Waals surface area contributed by atoms with E-state index in [9.17, 15) is 4.79 Å². The molecule has 0 spiro atoms. The summed E-state index contributed by atoms with van der Waals surface area (Å²) in [5, 5.41) is 13.0. The molecule has 1 N–H and O–H groups in total. The van der Waals surface area contributed by atoms with E-state index in [1.54, 1.807) is 34.6 Å². The Bertz CT molecular complexity index is 994. The van der Waals surface area contributed by atoms with E-state index in [-0.39, 0.29) is 5.91 Å². The first kappa shape index (κ1) is 16.2. The fourth-order valence-corrected chi connectivity index (χ4v) is 3.23. The van der Waals surface area contributed by atoms with Gasteiger partial charge in [-0.05, 0) is 41.3 Å². The van der Waals surface area contributed by atoms with Crippen molar-refractivity contribution < 1.29 is 4.79 Å². The molecule has 1 amide bonds. The molecule has 4 rings (SSSR count). The van der Waals surface area contributed by atoms with Gasteiger partial charge in [-0.25, -0.2) is 4.68 Å². The molecule has 3 heterocycles. The molecule has 7 heteroatoms. The van der Waals surface area contributed by atoms with Crippen molar-refractivity contribution in [3.05, 3.63) is 83.8 Å². The fraction of sp³-hybridized carbons (Fsp3) is 0.0526. The van der Waals surface area contributed by atoms with Crippen LogP contribution in [0.1, 0.15) is 16.1 Å². The molecule has 4 aromatic rings. The van der Waals surface area contributed by atoms with Crippen molar-refractivity contribution >= 4 is 17.2 Å². The highest BCUT2D eigenvalue weighted by Gasteiger charge is 2.08. The topological polar surface area (TPSA) is 72.7 Å². The third kappa shape index (κ3) is 3.52. The number of pyridine rings is 1. The van der Waals surface area contributed by atoms with Gasteiger partial charge in [-0.1, -0.05) is 23.4 Å². The van der Waals surface area contributed by atoms with Gasteiger partial charge >= 0.3 is 0 Å². The van der Waals surface area contributed by atoms with E-state index in [1.807, 2.05) is 47.8 Å². The molecule has 0 saturated heterocycles. The number of benzene rings is 1. The second-order valence-electron chi connectivity index (χ2n) is 5.60. The van der Waals surface area contributed by atoms with Crippen molar-refractivity contribution in [3.8, 4) is 16.1 Å². The van der Waals surface area contributed by atoms with E-state index < -0.39 is 0 Å². The number of amides is 1. The van der Waals surface area contributed by atoms with Crippen LogP contribution in [-0.4, -0.2) is 25.9 Å².